The lowest BCUT2D eigenvalue weighted by molar-refractivity contribution is 0.682. The molecule has 1 unspecified atom stereocenters. The summed E-state index contributed by atoms with van der Waals surface area (Å²) in [6.07, 6.45) is 7.88. The molecule has 0 N–H and O–H groups in total. The van der Waals surface area contributed by atoms with E-state index < -0.39 is 0 Å². The maximum Gasteiger partial charge on any atom is 0.0946 e. The van der Waals surface area contributed by atoms with Crippen molar-refractivity contribution in [1.82, 2.24) is 9.55 Å². The lowest BCUT2D eigenvalue weighted by atomic mass is 10.1. The third kappa shape index (κ3) is 5.53. The van der Waals surface area contributed by atoms with Gasteiger partial charge in [-0.2, -0.15) is 11.8 Å². The minimum Gasteiger partial charge on any atom is -0.336 e. The van der Waals surface area contributed by atoms with Gasteiger partial charge >= 0.3 is 0 Å². The maximum atomic E-state index is 6.45. The molecule has 0 amide bonds. The molecule has 25 heavy (non-hydrogen) atoms. The second-order valence-corrected chi connectivity index (χ2v) is 8.03. The van der Waals surface area contributed by atoms with Crippen LogP contribution in [0, 0.1) is 0 Å². The van der Waals surface area contributed by atoms with Crippen LogP contribution in [-0.4, -0.2) is 15.3 Å². The van der Waals surface area contributed by atoms with Gasteiger partial charge in [0.2, 0.25) is 0 Å². The molecular weight excluding hydrogens is 371 g/mol. The molecule has 3 rings (SSSR count). The molecule has 1 aromatic heterocycles. The van der Waals surface area contributed by atoms with Crippen molar-refractivity contribution in [3.8, 4) is 0 Å². The third-order valence-corrected chi connectivity index (χ3v) is 5.91. The first-order chi connectivity index (χ1) is 12.2. The number of nitrogens with zero attached hydrogens (tertiary/aromatic N) is 2. The van der Waals surface area contributed by atoms with Crippen molar-refractivity contribution in [1.29, 1.82) is 0 Å². The van der Waals surface area contributed by atoms with Gasteiger partial charge < -0.3 is 4.57 Å². The molecule has 0 aliphatic heterocycles. The predicted octanol–water partition coefficient (Wildman–Crippen LogP) is 6.30. The van der Waals surface area contributed by atoms with Gasteiger partial charge in [0.25, 0.3) is 0 Å². The zero-order valence-electron chi connectivity index (χ0n) is 13.8. The van der Waals surface area contributed by atoms with Crippen molar-refractivity contribution in [2.24, 2.45) is 0 Å². The number of halogens is 2. The molecule has 130 valence electrons. The van der Waals surface area contributed by atoms with E-state index in [-0.39, 0.29) is 5.25 Å². The molecule has 1 atom stereocenters. The predicted molar refractivity (Wildman–Crippen MR) is 109 cm³/mol. The fraction of sp³-hybridized carbons (Fsp3) is 0.250. The first kappa shape index (κ1) is 18.4. The number of aryl methyl sites for hydroxylation is 1. The van der Waals surface area contributed by atoms with Gasteiger partial charge in [-0.3, -0.25) is 0 Å². The smallest absolute Gasteiger partial charge is 0.0946 e. The number of aromatic nitrogens is 2. The standard InChI is InChI=1S/C20H20Cl2N2S/c21-17-8-9-18(19(22)13-17)20(14-24-11-10-23-15-24)25-12-4-7-16-5-2-1-3-6-16/h1-3,5-6,8-11,13,15,20H,4,7,12,14H2. The van der Waals surface area contributed by atoms with Crippen molar-refractivity contribution in [3.05, 3.63) is 88.4 Å². The Balaban J connectivity index is 1.64. The summed E-state index contributed by atoms with van der Waals surface area (Å²) in [7, 11) is 0. The largest absolute Gasteiger partial charge is 0.336 e. The number of imidazole rings is 1. The van der Waals surface area contributed by atoms with E-state index in [0.717, 1.165) is 35.7 Å². The Morgan fingerprint density at radius 3 is 2.64 bits per heavy atom. The topological polar surface area (TPSA) is 17.8 Å². The van der Waals surface area contributed by atoms with E-state index in [4.69, 9.17) is 23.2 Å². The van der Waals surface area contributed by atoms with Crippen molar-refractivity contribution in [2.45, 2.75) is 24.6 Å². The van der Waals surface area contributed by atoms with Crippen molar-refractivity contribution in [3.63, 3.8) is 0 Å². The minimum atomic E-state index is 0.273. The van der Waals surface area contributed by atoms with Crippen LogP contribution in [0.1, 0.15) is 22.8 Å². The van der Waals surface area contributed by atoms with Crippen molar-refractivity contribution in [2.75, 3.05) is 5.75 Å². The average Bonchev–Trinajstić information content (AvgIpc) is 3.12. The molecule has 5 heteroatoms. The van der Waals surface area contributed by atoms with Crippen LogP contribution >= 0.6 is 35.0 Å². The number of hydrogen-bond donors (Lipinski definition) is 0. The summed E-state index contributed by atoms with van der Waals surface area (Å²) < 4.78 is 2.10. The highest BCUT2D eigenvalue weighted by Gasteiger charge is 2.16. The zero-order valence-corrected chi connectivity index (χ0v) is 16.1. The van der Waals surface area contributed by atoms with E-state index >= 15 is 0 Å². The molecule has 0 bridgehead atoms. The summed E-state index contributed by atoms with van der Waals surface area (Å²) in [5.41, 5.74) is 2.52. The lowest BCUT2D eigenvalue weighted by Crippen LogP contribution is -2.06. The molecule has 0 saturated carbocycles. The van der Waals surface area contributed by atoms with Crippen LogP contribution in [0.5, 0.6) is 0 Å². The Labute approximate surface area is 163 Å². The van der Waals surface area contributed by atoms with Gasteiger partial charge in [-0.15, -0.1) is 0 Å². The molecule has 0 spiro atoms. The summed E-state index contributed by atoms with van der Waals surface area (Å²) in [5, 5.41) is 1.67. The first-order valence-electron chi connectivity index (χ1n) is 8.28. The Bertz CT molecular complexity index is 776. The maximum absolute atomic E-state index is 6.45. The Morgan fingerprint density at radius 1 is 1.08 bits per heavy atom. The van der Waals surface area contributed by atoms with E-state index in [9.17, 15) is 0 Å². The summed E-state index contributed by atoms with van der Waals surface area (Å²) >= 11 is 14.4. The van der Waals surface area contributed by atoms with E-state index in [1.165, 1.54) is 5.56 Å². The van der Waals surface area contributed by atoms with Crippen molar-refractivity contribution < 1.29 is 0 Å². The van der Waals surface area contributed by atoms with E-state index in [2.05, 4.69) is 39.9 Å². The second kappa shape index (κ2) is 9.33. The number of rotatable bonds is 8. The molecular formula is C20H20Cl2N2S. The summed E-state index contributed by atoms with van der Waals surface area (Å²) in [6.45, 7) is 0.845. The van der Waals surface area contributed by atoms with E-state index in [1.54, 1.807) is 6.20 Å². The zero-order chi connectivity index (χ0) is 17.5. The van der Waals surface area contributed by atoms with Crippen molar-refractivity contribution >= 4 is 35.0 Å². The van der Waals surface area contributed by atoms with Crippen LogP contribution in [0.3, 0.4) is 0 Å². The molecule has 2 nitrogen and oxygen atoms in total. The van der Waals surface area contributed by atoms with Crippen LogP contribution in [0.2, 0.25) is 10.0 Å². The quantitative estimate of drug-likeness (QED) is 0.420. The molecule has 3 aromatic rings. The van der Waals surface area contributed by atoms with Crippen LogP contribution in [0.4, 0.5) is 0 Å². The highest BCUT2D eigenvalue weighted by atomic mass is 35.5. The Morgan fingerprint density at radius 2 is 1.92 bits per heavy atom. The fourth-order valence-electron chi connectivity index (χ4n) is 2.74. The second-order valence-electron chi connectivity index (χ2n) is 5.87. The summed E-state index contributed by atoms with van der Waals surface area (Å²) in [4.78, 5) is 4.14. The van der Waals surface area contributed by atoms with Crippen LogP contribution in [0.15, 0.2) is 67.3 Å². The van der Waals surface area contributed by atoms with Crippen LogP contribution in [0.25, 0.3) is 0 Å². The molecule has 2 aromatic carbocycles. The number of thioether (sulfide) groups is 1. The van der Waals surface area contributed by atoms with Gasteiger partial charge in [0.05, 0.1) is 6.33 Å². The number of hydrogen-bond acceptors (Lipinski definition) is 2. The van der Waals surface area contributed by atoms with Gasteiger partial charge in [0.1, 0.15) is 0 Å². The molecule has 0 fully saturated rings. The fourth-order valence-corrected chi connectivity index (χ4v) is 4.60. The molecule has 0 aliphatic carbocycles. The summed E-state index contributed by atoms with van der Waals surface area (Å²) in [6, 6.07) is 16.4. The Hall–Kier alpha value is -1.42. The van der Waals surface area contributed by atoms with E-state index in [0.29, 0.717) is 5.02 Å². The lowest BCUT2D eigenvalue weighted by Gasteiger charge is -2.19. The average molecular weight is 391 g/mol. The monoisotopic (exact) mass is 390 g/mol. The van der Waals surface area contributed by atoms with Gasteiger partial charge in [0.15, 0.2) is 0 Å². The first-order valence-corrected chi connectivity index (χ1v) is 10.1. The molecule has 1 heterocycles. The van der Waals surface area contributed by atoms with E-state index in [1.807, 2.05) is 42.5 Å². The van der Waals surface area contributed by atoms with Gasteiger partial charge in [-0.1, -0.05) is 59.6 Å². The minimum absolute atomic E-state index is 0.273. The van der Waals surface area contributed by atoms with Crippen LogP contribution < -0.4 is 0 Å². The van der Waals surface area contributed by atoms with Gasteiger partial charge in [-0.05, 0) is 41.9 Å². The molecule has 0 radical (unpaired) electrons. The SMILES string of the molecule is Clc1ccc(C(Cn2ccnc2)SCCCc2ccccc2)c(Cl)c1. The van der Waals surface area contributed by atoms with Gasteiger partial charge in [0, 0.05) is 34.2 Å². The Kier molecular flexibility index (Phi) is 6.85. The number of benzene rings is 2. The van der Waals surface area contributed by atoms with Crippen LogP contribution in [-0.2, 0) is 13.0 Å². The normalized spacial score (nSPS) is 12.2. The van der Waals surface area contributed by atoms with Gasteiger partial charge in [-0.25, -0.2) is 4.98 Å². The summed E-state index contributed by atoms with van der Waals surface area (Å²) in [5.74, 6) is 1.08. The third-order valence-electron chi connectivity index (χ3n) is 4.02. The molecule has 0 aliphatic rings. The molecule has 0 saturated heterocycles. The highest BCUT2D eigenvalue weighted by Crippen LogP contribution is 2.36. The highest BCUT2D eigenvalue weighted by molar-refractivity contribution is 7.99.